The van der Waals surface area contributed by atoms with Crippen LogP contribution in [0.25, 0.3) is 0 Å². The molecule has 0 bridgehead atoms. The lowest BCUT2D eigenvalue weighted by atomic mass is 10.1. The van der Waals surface area contributed by atoms with Gasteiger partial charge in [0, 0.05) is 56.6 Å². The van der Waals surface area contributed by atoms with Crippen molar-refractivity contribution in [1.82, 2.24) is 15.3 Å². The van der Waals surface area contributed by atoms with Gasteiger partial charge in [-0.25, -0.2) is 4.98 Å². The number of aromatic nitrogens is 2. The Morgan fingerprint density at radius 2 is 2.15 bits per heavy atom. The van der Waals surface area contributed by atoms with E-state index in [9.17, 15) is 4.79 Å². The van der Waals surface area contributed by atoms with Gasteiger partial charge in [-0.15, -0.1) is 0 Å². The van der Waals surface area contributed by atoms with Crippen LogP contribution in [0.1, 0.15) is 35.4 Å². The second kappa shape index (κ2) is 10.6. The zero-order chi connectivity index (χ0) is 23.2. The molecule has 3 aromatic rings. The van der Waals surface area contributed by atoms with E-state index >= 15 is 0 Å². The highest BCUT2D eigenvalue weighted by molar-refractivity contribution is 7.07. The maximum absolute atomic E-state index is 13.5. The molecular formula is C24H30N6O2S. The summed E-state index contributed by atoms with van der Waals surface area (Å²) in [7, 11) is 3.89. The van der Waals surface area contributed by atoms with Crippen LogP contribution in [0.4, 0.5) is 17.5 Å². The van der Waals surface area contributed by atoms with Crippen LogP contribution >= 0.6 is 11.3 Å². The molecular weight excluding hydrogens is 436 g/mol. The molecule has 0 unspecified atom stereocenters. The first-order chi connectivity index (χ1) is 16.1. The van der Waals surface area contributed by atoms with Crippen molar-refractivity contribution >= 4 is 34.7 Å². The summed E-state index contributed by atoms with van der Waals surface area (Å²) < 4.78 is 6.38. The van der Waals surface area contributed by atoms with Crippen molar-refractivity contribution < 1.29 is 9.53 Å². The van der Waals surface area contributed by atoms with Crippen LogP contribution in [-0.4, -0.2) is 56.1 Å². The zero-order valence-corrected chi connectivity index (χ0v) is 20.1. The van der Waals surface area contributed by atoms with E-state index in [1.54, 1.807) is 22.4 Å². The molecule has 0 spiro atoms. The molecule has 1 atom stereocenters. The molecule has 4 rings (SSSR count). The molecule has 2 N–H and O–H groups in total. The summed E-state index contributed by atoms with van der Waals surface area (Å²) in [6, 6.07) is 9.85. The Hall–Kier alpha value is -3.17. The Morgan fingerprint density at radius 1 is 1.27 bits per heavy atom. The molecule has 0 radical (unpaired) electrons. The van der Waals surface area contributed by atoms with Crippen LogP contribution < -0.4 is 25.2 Å². The lowest BCUT2D eigenvalue weighted by molar-refractivity contribution is 0.0989. The lowest BCUT2D eigenvalue weighted by Gasteiger charge is -2.23. The average molecular weight is 467 g/mol. The molecule has 0 aliphatic carbocycles. The number of likely N-dealkylation sites (N-methyl/N-ethyl adjacent to an activating group) is 1. The summed E-state index contributed by atoms with van der Waals surface area (Å²) in [4.78, 5) is 26.1. The zero-order valence-electron chi connectivity index (χ0n) is 19.2. The third-order valence-electron chi connectivity index (χ3n) is 5.58. The maximum atomic E-state index is 13.5. The van der Waals surface area contributed by atoms with Crippen molar-refractivity contribution in [2.45, 2.75) is 19.4 Å². The van der Waals surface area contributed by atoms with Crippen molar-refractivity contribution in [1.29, 1.82) is 0 Å². The quantitative estimate of drug-likeness (QED) is 0.496. The molecule has 1 amide bonds. The second-order valence-corrected chi connectivity index (χ2v) is 8.67. The van der Waals surface area contributed by atoms with E-state index < -0.39 is 0 Å². The summed E-state index contributed by atoms with van der Waals surface area (Å²) >= 11 is 1.66. The third-order valence-corrected chi connectivity index (χ3v) is 6.28. The van der Waals surface area contributed by atoms with Gasteiger partial charge in [0.2, 0.25) is 5.95 Å². The predicted octanol–water partition coefficient (Wildman–Crippen LogP) is 3.80. The van der Waals surface area contributed by atoms with Crippen LogP contribution in [-0.2, 0) is 0 Å². The van der Waals surface area contributed by atoms with Gasteiger partial charge in [-0.1, -0.05) is 6.07 Å². The van der Waals surface area contributed by atoms with Gasteiger partial charge in [-0.3, -0.25) is 4.79 Å². The Labute approximate surface area is 198 Å². The van der Waals surface area contributed by atoms with Gasteiger partial charge in [-0.2, -0.15) is 16.3 Å². The van der Waals surface area contributed by atoms with Crippen molar-refractivity contribution in [2.75, 3.05) is 55.4 Å². The molecule has 0 saturated carbocycles. The molecule has 2 aromatic heterocycles. The Bertz CT molecular complexity index is 1070. The fraction of sp³-hybridized carbons (Fsp3) is 0.375. The minimum absolute atomic E-state index is 0.0523. The van der Waals surface area contributed by atoms with E-state index in [0.717, 1.165) is 36.5 Å². The Kier molecular flexibility index (Phi) is 7.41. The number of benzene rings is 1. The number of ether oxygens (including phenoxy) is 1. The van der Waals surface area contributed by atoms with Gasteiger partial charge in [0.1, 0.15) is 23.2 Å². The number of hydrogen-bond acceptors (Lipinski definition) is 8. The second-order valence-electron chi connectivity index (χ2n) is 7.89. The van der Waals surface area contributed by atoms with Gasteiger partial charge >= 0.3 is 0 Å². The molecule has 1 aliphatic rings. The molecule has 174 valence electrons. The average Bonchev–Trinajstić information content (AvgIpc) is 3.33. The Balaban J connectivity index is 1.59. The topological polar surface area (TPSA) is 82.6 Å². The highest BCUT2D eigenvalue weighted by Crippen LogP contribution is 2.31. The molecule has 1 aliphatic heterocycles. The van der Waals surface area contributed by atoms with E-state index in [1.165, 1.54) is 0 Å². The number of fused-ring (bicyclic) bond motifs is 1. The smallest absolute Gasteiger partial charge is 0.263 e. The molecule has 33 heavy (non-hydrogen) atoms. The minimum atomic E-state index is -0.112. The molecule has 9 heteroatoms. The van der Waals surface area contributed by atoms with E-state index in [2.05, 4.69) is 37.4 Å². The van der Waals surface area contributed by atoms with Crippen LogP contribution in [0.15, 0.2) is 47.3 Å². The number of amides is 1. The normalized spacial score (nSPS) is 14.6. The fourth-order valence-corrected chi connectivity index (χ4v) is 4.53. The van der Waals surface area contributed by atoms with E-state index in [4.69, 9.17) is 4.74 Å². The number of nitrogens with zero attached hydrogens (tertiary/aromatic N) is 4. The number of thiophene rings is 1. The van der Waals surface area contributed by atoms with Crippen LogP contribution in [0.2, 0.25) is 0 Å². The summed E-state index contributed by atoms with van der Waals surface area (Å²) in [6.45, 7) is 4.76. The molecule has 1 aromatic carbocycles. The van der Waals surface area contributed by atoms with Gasteiger partial charge in [-0.05, 0) is 49.5 Å². The molecule has 8 nitrogen and oxygen atoms in total. The van der Waals surface area contributed by atoms with Crippen molar-refractivity contribution in [3.05, 3.63) is 58.4 Å². The van der Waals surface area contributed by atoms with Crippen LogP contribution in [0.3, 0.4) is 0 Å². The summed E-state index contributed by atoms with van der Waals surface area (Å²) in [5, 5.41) is 10.5. The molecule has 3 heterocycles. The summed E-state index contributed by atoms with van der Waals surface area (Å²) in [5.74, 6) is 1.80. The first-order valence-electron chi connectivity index (χ1n) is 11.2. The third kappa shape index (κ3) is 5.26. The first-order valence-corrected chi connectivity index (χ1v) is 12.1. The highest BCUT2D eigenvalue weighted by Gasteiger charge is 2.28. The van der Waals surface area contributed by atoms with E-state index in [-0.39, 0.29) is 12.0 Å². The molecule has 0 saturated heterocycles. The van der Waals surface area contributed by atoms with E-state index in [0.29, 0.717) is 30.4 Å². The van der Waals surface area contributed by atoms with E-state index in [1.807, 2.05) is 50.2 Å². The first kappa shape index (κ1) is 23.0. The Morgan fingerprint density at radius 3 is 2.91 bits per heavy atom. The lowest BCUT2D eigenvalue weighted by Crippen LogP contribution is -2.33. The van der Waals surface area contributed by atoms with Gasteiger partial charge in [0.05, 0.1) is 0 Å². The summed E-state index contributed by atoms with van der Waals surface area (Å²) in [6.07, 6.45) is 2.41. The SMILES string of the molecule is CCNc1ncc2c(n1)N(C)CCN(c1cccc(O[C@H](CCNC)c3ccsc3)c1)C2=O. The largest absolute Gasteiger partial charge is 0.486 e. The number of carbonyl (C=O) groups excluding carboxylic acids is 1. The summed E-state index contributed by atoms with van der Waals surface area (Å²) in [5.41, 5.74) is 2.45. The number of carbonyl (C=O) groups is 1. The number of anilines is 3. The van der Waals surface area contributed by atoms with Crippen molar-refractivity contribution in [3.63, 3.8) is 0 Å². The van der Waals surface area contributed by atoms with Crippen LogP contribution in [0.5, 0.6) is 5.75 Å². The van der Waals surface area contributed by atoms with Crippen molar-refractivity contribution in [2.24, 2.45) is 0 Å². The minimum Gasteiger partial charge on any atom is -0.486 e. The highest BCUT2D eigenvalue weighted by atomic mass is 32.1. The standard InChI is InChI=1S/C24H30N6O2S/c1-4-26-24-27-15-20-22(28-24)29(3)11-12-30(23(20)31)18-6-5-7-19(14-18)32-21(8-10-25-2)17-9-13-33-16-17/h5-7,9,13-16,21,25H,4,8,10-12H2,1-3H3,(H,26,27,28)/t21-/m1/s1. The van der Waals surface area contributed by atoms with Crippen LogP contribution in [0, 0.1) is 0 Å². The molecule has 0 fully saturated rings. The van der Waals surface area contributed by atoms with Crippen molar-refractivity contribution in [3.8, 4) is 5.75 Å². The predicted molar refractivity (Wildman–Crippen MR) is 134 cm³/mol. The van der Waals surface area contributed by atoms with Gasteiger partial charge < -0.3 is 25.2 Å². The number of rotatable bonds is 9. The maximum Gasteiger partial charge on any atom is 0.263 e. The number of nitrogens with one attached hydrogen (secondary N) is 2. The van der Waals surface area contributed by atoms with Gasteiger partial charge in [0.15, 0.2) is 0 Å². The fourth-order valence-electron chi connectivity index (χ4n) is 3.82. The monoisotopic (exact) mass is 466 g/mol. The van der Waals surface area contributed by atoms with Gasteiger partial charge in [0.25, 0.3) is 5.91 Å². The number of hydrogen-bond donors (Lipinski definition) is 2.